The van der Waals surface area contributed by atoms with Crippen LogP contribution in [0.15, 0.2) is 42.5 Å². The summed E-state index contributed by atoms with van der Waals surface area (Å²) in [5.74, 6) is 0.346. The summed E-state index contributed by atoms with van der Waals surface area (Å²) in [6, 6.07) is 12.5. The van der Waals surface area contributed by atoms with Crippen molar-refractivity contribution in [1.29, 1.82) is 0 Å². The summed E-state index contributed by atoms with van der Waals surface area (Å²) in [4.78, 5) is 12.0. The Morgan fingerprint density at radius 2 is 1.89 bits per heavy atom. The van der Waals surface area contributed by atoms with Crippen molar-refractivity contribution in [3.05, 3.63) is 56.6 Å². The minimum Gasteiger partial charge on any atom is -0.495 e. The van der Waals surface area contributed by atoms with E-state index in [1.54, 1.807) is 18.2 Å². The first-order chi connectivity index (χ1) is 9.10. The molecule has 0 saturated carbocycles. The minimum atomic E-state index is -0.203. The van der Waals surface area contributed by atoms with Crippen LogP contribution in [0.4, 0.5) is 5.69 Å². The molecule has 5 heteroatoms. The number of benzene rings is 2. The van der Waals surface area contributed by atoms with Gasteiger partial charge in [0.05, 0.1) is 12.1 Å². The number of carbonyl (C=O) groups excluding carboxylic acids is 1. The third kappa shape index (κ3) is 3.61. The molecule has 0 saturated heterocycles. The fourth-order valence-corrected chi connectivity index (χ4v) is 2.16. The van der Waals surface area contributed by atoms with Gasteiger partial charge in [-0.15, -0.1) is 0 Å². The second-order valence-corrected chi connectivity index (χ2v) is 5.46. The summed E-state index contributed by atoms with van der Waals surface area (Å²) < 4.78 is 6.16. The molecule has 0 aromatic heterocycles. The first-order valence-electron chi connectivity index (χ1n) is 5.50. The SMILES string of the molecule is COc1ccc(C(=O)Nc2ccc(I)cc2)cc1Cl. The van der Waals surface area contributed by atoms with Crippen molar-refractivity contribution in [2.24, 2.45) is 0 Å². The number of amides is 1. The molecule has 0 aliphatic rings. The van der Waals surface area contributed by atoms with Crippen LogP contribution in [0.25, 0.3) is 0 Å². The molecule has 0 spiro atoms. The highest BCUT2D eigenvalue weighted by Gasteiger charge is 2.09. The second-order valence-electron chi connectivity index (χ2n) is 3.81. The Labute approximate surface area is 130 Å². The number of ether oxygens (including phenoxy) is 1. The topological polar surface area (TPSA) is 38.3 Å². The molecule has 0 aliphatic heterocycles. The standard InChI is InChI=1S/C14H11ClINO2/c1-19-13-7-2-9(8-12(13)15)14(18)17-11-5-3-10(16)4-6-11/h2-8H,1H3,(H,17,18). The smallest absolute Gasteiger partial charge is 0.255 e. The van der Waals surface area contributed by atoms with Crippen molar-refractivity contribution >= 4 is 45.8 Å². The maximum absolute atomic E-state index is 12.0. The van der Waals surface area contributed by atoms with Gasteiger partial charge < -0.3 is 10.1 Å². The first kappa shape index (κ1) is 14.1. The van der Waals surface area contributed by atoms with Crippen LogP contribution in [0.2, 0.25) is 5.02 Å². The third-order valence-corrected chi connectivity index (χ3v) is 3.53. The van der Waals surface area contributed by atoms with Gasteiger partial charge in [-0.1, -0.05) is 11.6 Å². The lowest BCUT2D eigenvalue weighted by atomic mass is 10.2. The van der Waals surface area contributed by atoms with Gasteiger partial charge in [-0.3, -0.25) is 4.79 Å². The van der Waals surface area contributed by atoms with E-state index in [1.165, 1.54) is 7.11 Å². The van der Waals surface area contributed by atoms with Crippen LogP contribution in [-0.2, 0) is 0 Å². The van der Waals surface area contributed by atoms with E-state index in [1.807, 2.05) is 24.3 Å². The molecule has 0 unspecified atom stereocenters. The molecule has 0 radical (unpaired) electrons. The first-order valence-corrected chi connectivity index (χ1v) is 6.96. The summed E-state index contributed by atoms with van der Waals surface area (Å²) in [7, 11) is 1.53. The van der Waals surface area contributed by atoms with Crippen LogP contribution in [0.5, 0.6) is 5.75 Å². The van der Waals surface area contributed by atoms with E-state index in [0.717, 1.165) is 9.26 Å². The van der Waals surface area contributed by atoms with E-state index in [2.05, 4.69) is 27.9 Å². The van der Waals surface area contributed by atoms with Crippen LogP contribution in [-0.4, -0.2) is 13.0 Å². The molecule has 0 fully saturated rings. The Morgan fingerprint density at radius 1 is 1.21 bits per heavy atom. The van der Waals surface area contributed by atoms with Gasteiger partial charge in [0.1, 0.15) is 5.75 Å². The van der Waals surface area contributed by atoms with Crippen molar-refractivity contribution in [3.8, 4) is 5.75 Å². The van der Waals surface area contributed by atoms with Gasteiger partial charge in [0, 0.05) is 14.8 Å². The van der Waals surface area contributed by atoms with Gasteiger partial charge in [0.15, 0.2) is 0 Å². The Bertz CT molecular complexity index is 599. The number of nitrogens with one attached hydrogen (secondary N) is 1. The van der Waals surface area contributed by atoms with Gasteiger partial charge in [-0.05, 0) is 65.1 Å². The van der Waals surface area contributed by atoms with Gasteiger partial charge in [-0.2, -0.15) is 0 Å². The molecule has 1 amide bonds. The molecule has 0 heterocycles. The molecule has 1 N–H and O–H groups in total. The lowest BCUT2D eigenvalue weighted by molar-refractivity contribution is 0.102. The number of methoxy groups -OCH3 is 1. The zero-order valence-electron chi connectivity index (χ0n) is 10.1. The second kappa shape index (κ2) is 6.25. The monoisotopic (exact) mass is 387 g/mol. The lowest BCUT2D eigenvalue weighted by Crippen LogP contribution is -2.11. The predicted octanol–water partition coefficient (Wildman–Crippen LogP) is 4.21. The number of halogens is 2. The summed E-state index contributed by atoms with van der Waals surface area (Å²) in [6.07, 6.45) is 0. The van der Waals surface area contributed by atoms with Gasteiger partial charge in [-0.25, -0.2) is 0 Å². The molecule has 3 nitrogen and oxygen atoms in total. The molecule has 2 rings (SSSR count). The Kier molecular flexibility index (Phi) is 4.66. The van der Waals surface area contributed by atoms with E-state index >= 15 is 0 Å². The fourth-order valence-electron chi connectivity index (χ4n) is 1.54. The van der Waals surface area contributed by atoms with Crippen LogP contribution >= 0.6 is 34.2 Å². The quantitative estimate of drug-likeness (QED) is 0.802. The maximum atomic E-state index is 12.0. The molecule has 98 valence electrons. The van der Waals surface area contributed by atoms with E-state index in [9.17, 15) is 4.79 Å². The van der Waals surface area contributed by atoms with Gasteiger partial charge in [0.25, 0.3) is 5.91 Å². The van der Waals surface area contributed by atoms with Gasteiger partial charge >= 0.3 is 0 Å². The third-order valence-electron chi connectivity index (χ3n) is 2.52. The molecule has 0 atom stereocenters. The van der Waals surface area contributed by atoms with Crippen LogP contribution in [0, 0.1) is 3.57 Å². The average molecular weight is 388 g/mol. The fraction of sp³-hybridized carbons (Fsp3) is 0.0714. The molecular formula is C14H11ClINO2. The van der Waals surface area contributed by atoms with Crippen LogP contribution in [0.1, 0.15) is 10.4 Å². The molecule has 2 aromatic carbocycles. The molecule has 19 heavy (non-hydrogen) atoms. The number of rotatable bonds is 3. The average Bonchev–Trinajstić information content (AvgIpc) is 2.41. The van der Waals surface area contributed by atoms with Gasteiger partial charge in [0.2, 0.25) is 0 Å². The largest absolute Gasteiger partial charge is 0.495 e. The van der Waals surface area contributed by atoms with Crippen molar-refractivity contribution in [2.45, 2.75) is 0 Å². The Hall–Kier alpha value is -1.27. The highest BCUT2D eigenvalue weighted by Crippen LogP contribution is 2.25. The molecule has 0 bridgehead atoms. The molecular weight excluding hydrogens is 377 g/mol. The van der Waals surface area contributed by atoms with Crippen molar-refractivity contribution in [3.63, 3.8) is 0 Å². The highest BCUT2D eigenvalue weighted by molar-refractivity contribution is 14.1. The maximum Gasteiger partial charge on any atom is 0.255 e. The van der Waals surface area contributed by atoms with E-state index in [4.69, 9.17) is 16.3 Å². The predicted molar refractivity (Wildman–Crippen MR) is 85.1 cm³/mol. The molecule has 0 aliphatic carbocycles. The van der Waals surface area contributed by atoms with E-state index < -0.39 is 0 Å². The summed E-state index contributed by atoms with van der Waals surface area (Å²) in [5, 5.41) is 3.22. The normalized spacial score (nSPS) is 10.1. The lowest BCUT2D eigenvalue weighted by Gasteiger charge is -2.07. The van der Waals surface area contributed by atoms with Crippen LogP contribution < -0.4 is 10.1 Å². The number of hydrogen-bond acceptors (Lipinski definition) is 2. The van der Waals surface area contributed by atoms with Crippen LogP contribution in [0.3, 0.4) is 0 Å². The summed E-state index contributed by atoms with van der Waals surface area (Å²) in [6.45, 7) is 0. The zero-order chi connectivity index (χ0) is 13.8. The Balaban J connectivity index is 2.16. The summed E-state index contributed by atoms with van der Waals surface area (Å²) in [5.41, 5.74) is 1.24. The Morgan fingerprint density at radius 3 is 2.47 bits per heavy atom. The van der Waals surface area contributed by atoms with E-state index in [0.29, 0.717) is 16.3 Å². The molecule has 2 aromatic rings. The highest BCUT2D eigenvalue weighted by atomic mass is 127. The van der Waals surface area contributed by atoms with E-state index in [-0.39, 0.29) is 5.91 Å². The number of hydrogen-bond donors (Lipinski definition) is 1. The number of carbonyl (C=O) groups is 1. The number of anilines is 1. The van der Waals surface area contributed by atoms with Crippen molar-refractivity contribution in [2.75, 3.05) is 12.4 Å². The van der Waals surface area contributed by atoms with Crippen molar-refractivity contribution in [1.82, 2.24) is 0 Å². The zero-order valence-corrected chi connectivity index (χ0v) is 13.0. The van der Waals surface area contributed by atoms with Crippen molar-refractivity contribution < 1.29 is 9.53 Å². The minimum absolute atomic E-state index is 0.203. The summed E-state index contributed by atoms with van der Waals surface area (Å²) >= 11 is 8.20.